The maximum atomic E-state index is 11.9. The summed E-state index contributed by atoms with van der Waals surface area (Å²) in [4.78, 5) is 11.9. The second-order valence-corrected chi connectivity index (χ2v) is 6.75. The summed E-state index contributed by atoms with van der Waals surface area (Å²) in [6.45, 7) is 0. The Kier molecular flexibility index (Phi) is 5.72. The van der Waals surface area contributed by atoms with Crippen molar-refractivity contribution in [2.75, 3.05) is 0 Å². The van der Waals surface area contributed by atoms with Gasteiger partial charge in [-0.05, 0) is 35.4 Å². The predicted molar refractivity (Wildman–Crippen MR) is 121 cm³/mol. The Morgan fingerprint density at radius 3 is 1.87 bits per heavy atom. The molecule has 30 heavy (non-hydrogen) atoms. The Hall–Kier alpha value is -4.11. The molecule has 1 heterocycles. The molecule has 4 aromatic carbocycles. The molecule has 0 aliphatic carbocycles. The van der Waals surface area contributed by atoms with E-state index in [1.807, 2.05) is 91.0 Å². The minimum absolute atomic E-state index is 0.00861. The number of para-hydroxylation sites is 1. The van der Waals surface area contributed by atoms with Gasteiger partial charge in [0.2, 0.25) is 0 Å². The predicted octanol–water partition coefficient (Wildman–Crippen LogP) is 6.52. The van der Waals surface area contributed by atoms with Gasteiger partial charge in [-0.2, -0.15) is 0 Å². The van der Waals surface area contributed by atoms with Crippen molar-refractivity contribution in [2.24, 2.45) is 0 Å². The molecule has 0 spiro atoms. The zero-order valence-electron chi connectivity index (χ0n) is 16.2. The Morgan fingerprint density at radius 1 is 0.567 bits per heavy atom. The van der Waals surface area contributed by atoms with Gasteiger partial charge in [0.15, 0.2) is 5.43 Å². The molecular weight excluding hydrogens is 372 g/mol. The van der Waals surface area contributed by atoms with Gasteiger partial charge in [-0.3, -0.25) is 4.79 Å². The molecule has 0 atom stereocenters. The number of hydrogen-bond acceptors (Lipinski definition) is 3. The highest BCUT2D eigenvalue weighted by molar-refractivity contribution is 5.78. The zero-order chi connectivity index (χ0) is 20.8. The third kappa shape index (κ3) is 4.47. The van der Waals surface area contributed by atoms with Crippen LogP contribution in [0.25, 0.3) is 33.4 Å². The van der Waals surface area contributed by atoms with E-state index < -0.39 is 0 Å². The van der Waals surface area contributed by atoms with E-state index in [0.29, 0.717) is 22.5 Å². The Bertz CT molecular complexity index is 1310. The summed E-state index contributed by atoms with van der Waals surface area (Å²) in [6.07, 6.45) is 0. The molecule has 1 aromatic heterocycles. The summed E-state index contributed by atoms with van der Waals surface area (Å²) in [5.41, 5.74) is 3.69. The molecule has 5 rings (SSSR count). The van der Waals surface area contributed by atoms with Crippen LogP contribution in [0.3, 0.4) is 0 Å². The molecule has 0 saturated carbocycles. The van der Waals surface area contributed by atoms with Crippen LogP contribution in [0, 0.1) is 0 Å². The Balaban J connectivity index is 0.000000151. The Labute approximate surface area is 174 Å². The molecule has 0 aliphatic heterocycles. The summed E-state index contributed by atoms with van der Waals surface area (Å²) < 4.78 is 5.73. The SMILES string of the molecule is O=c1cc(-c2ccccc2)oc2ccccc12.Oc1cccc(-c2ccccc2)c1. The first-order valence-corrected chi connectivity index (χ1v) is 9.63. The highest BCUT2D eigenvalue weighted by Crippen LogP contribution is 2.23. The first-order chi connectivity index (χ1) is 14.7. The van der Waals surface area contributed by atoms with Crippen molar-refractivity contribution >= 4 is 11.0 Å². The lowest BCUT2D eigenvalue weighted by molar-refractivity contribution is 0.475. The van der Waals surface area contributed by atoms with Crippen LogP contribution in [0.2, 0.25) is 0 Å². The highest BCUT2D eigenvalue weighted by Gasteiger charge is 2.05. The average Bonchev–Trinajstić information content (AvgIpc) is 2.81. The van der Waals surface area contributed by atoms with Crippen molar-refractivity contribution in [1.82, 2.24) is 0 Å². The Morgan fingerprint density at radius 2 is 1.17 bits per heavy atom. The van der Waals surface area contributed by atoms with E-state index in [9.17, 15) is 9.90 Å². The zero-order valence-corrected chi connectivity index (χ0v) is 16.2. The quantitative estimate of drug-likeness (QED) is 0.372. The molecule has 0 unspecified atom stereocenters. The molecular formula is C27H20O3. The fourth-order valence-corrected chi connectivity index (χ4v) is 3.16. The number of fused-ring (bicyclic) bond motifs is 1. The minimum Gasteiger partial charge on any atom is -0.508 e. The monoisotopic (exact) mass is 392 g/mol. The molecule has 3 nitrogen and oxygen atoms in total. The summed E-state index contributed by atoms with van der Waals surface area (Å²) in [6, 6.07) is 35.7. The van der Waals surface area contributed by atoms with Gasteiger partial charge in [0.25, 0.3) is 0 Å². The van der Waals surface area contributed by atoms with E-state index in [0.717, 1.165) is 16.7 Å². The van der Waals surface area contributed by atoms with Crippen molar-refractivity contribution in [3.8, 4) is 28.2 Å². The van der Waals surface area contributed by atoms with Crippen LogP contribution in [0.1, 0.15) is 0 Å². The molecule has 1 N–H and O–H groups in total. The molecule has 0 amide bonds. The summed E-state index contributed by atoms with van der Waals surface area (Å²) in [5.74, 6) is 0.913. The maximum absolute atomic E-state index is 11.9. The number of hydrogen-bond donors (Lipinski definition) is 1. The number of phenolic OH excluding ortho intramolecular Hbond substituents is 1. The van der Waals surface area contributed by atoms with Crippen LogP contribution in [0.15, 0.2) is 124 Å². The number of benzene rings is 4. The maximum Gasteiger partial charge on any atom is 0.193 e. The van der Waals surface area contributed by atoms with Gasteiger partial charge in [-0.15, -0.1) is 0 Å². The third-order valence-corrected chi connectivity index (χ3v) is 4.65. The topological polar surface area (TPSA) is 50.4 Å². The molecule has 0 fully saturated rings. The largest absolute Gasteiger partial charge is 0.508 e. The fourth-order valence-electron chi connectivity index (χ4n) is 3.16. The third-order valence-electron chi connectivity index (χ3n) is 4.65. The van der Waals surface area contributed by atoms with Crippen molar-refractivity contribution < 1.29 is 9.52 Å². The van der Waals surface area contributed by atoms with E-state index >= 15 is 0 Å². The van der Waals surface area contributed by atoms with Crippen molar-refractivity contribution in [3.63, 3.8) is 0 Å². The van der Waals surface area contributed by atoms with Crippen molar-refractivity contribution in [3.05, 3.63) is 125 Å². The van der Waals surface area contributed by atoms with Gasteiger partial charge in [0.1, 0.15) is 17.1 Å². The molecule has 0 radical (unpaired) electrons. The van der Waals surface area contributed by atoms with Crippen LogP contribution in [-0.2, 0) is 0 Å². The molecule has 5 aromatic rings. The molecule has 0 bridgehead atoms. The summed E-state index contributed by atoms with van der Waals surface area (Å²) in [5, 5.41) is 9.89. The van der Waals surface area contributed by atoms with E-state index in [-0.39, 0.29) is 5.43 Å². The first kappa shape index (κ1) is 19.2. The number of rotatable bonds is 2. The molecule has 0 saturated heterocycles. The normalized spacial score (nSPS) is 10.3. The standard InChI is InChI=1S/C15H10O2.C12H10O/c16-13-10-15(11-6-2-1-3-7-11)17-14-9-5-4-8-12(13)14;13-12-8-4-7-11(9-12)10-5-2-1-3-6-10/h1-10H;1-9,13H. The van der Waals surface area contributed by atoms with Crippen LogP contribution in [0.4, 0.5) is 0 Å². The molecule has 0 aliphatic rings. The first-order valence-electron chi connectivity index (χ1n) is 9.63. The second kappa shape index (κ2) is 8.93. The average molecular weight is 392 g/mol. The lowest BCUT2D eigenvalue weighted by Gasteiger charge is -2.02. The van der Waals surface area contributed by atoms with Gasteiger partial charge >= 0.3 is 0 Å². The summed E-state index contributed by atoms with van der Waals surface area (Å²) in [7, 11) is 0. The molecule has 146 valence electrons. The van der Waals surface area contributed by atoms with E-state index in [1.54, 1.807) is 18.2 Å². The fraction of sp³-hybridized carbons (Fsp3) is 0. The van der Waals surface area contributed by atoms with Gasteiger partial charge in [-0.1, -0.05) is 84.9 Å². The van der Waals surface area contributed by atoms with E-state index in [1.165, 1.54) is 6.07 Å². The number of phenols is 1. The van der Waals surface area contributed by atoms with Crippen LogP contribution in [-0.4, -0.2) is 5.11 Å². The highest BCUT2D eigenvalue weighted by atomic mass is 16.3. The van der Waals surface area contributed by atoms with Gasteiger partial charge < -0.3 is 9.52 Å². The van der Waals surface area contributed by atoms with E-state index in [4.69, 9.17) is 4.42 Å². The van der Waals surface area contributed by atoms with Gasteiger partial charge in [0, 0.05) is 11.6 Å². The minimum atomic E-state index is -0.00861. The lowest BCUT2D eigenvalue weighted by Crippen LogP contribution is -1.99. The van der Waals surface area contributed by atoms with Gasteiger partial charge in [-0.25, -0.2) is 0 Å². The van der Waals surface area contributed by atoms with Crippen LogP contribution < -0.4 is 5.43 Å². The van der Waals surface area contributed by atoms with Crippen molar-refractivity contribution in [1.29, 1.82) is 0 Å². The smallest absolute Gasteiger partial charge is 0.193 e. The summed E-state index contributed by atoms with van der Waals surface area (Å²) >= 11 is 0. The van der Waals surface area contributed by atoms with Gasteiger partial charge in [0.05, 0.1) is 5.39 Å². The van der Waals surface area contributed by atoms with Crippen LogP contribution >= 0.6 is 0 Å². The van der Waals surface area contributed by atoms with Crippen molar-refractivity contribution in [2.45, 2.75) is 0 Å². The number of aromatic hydroxyl groups is 1. The lowest BCUT2D eigenvalue weighted by atomic mass is 10.1. The molecule has 3 heteroatoms. The van der Waals surface area contributed by atoms with Crippen LogP contribution in [0.5, 0.6) is 5.75 Å². The van der Waals surface area contributed by atoms with E-state index in [2.05, 4.69) is 0 Å². The second-order valence-electron chi connectivity index (χ2n) is 6.75.